The van der Waals surface area contributed by atoms with Crippen molar-refractivity contribution in [2.24, 2.45) is 5.92 Å². The molecule has 0 aliphatic rings. The largest absolute Gasteiger partial charge is 0.302 e. The normalized spacial score (nSPS) is 13.1. The van der Waals surface area contributed by atoms with E-state index in [9.17, 15) is 0 Å². The molecule has 1 aromatic rings. The molecule has 16 heavy (non-hydrogen) atoms. The highest BCUT2D eigenvalue weighted by molar-refractivity contribution is 9.10. The van der Waals surface area contributed by atoms with Crippen LogP contribution in [0.25, 0.3) is 0 Å². The summed E-state index contributed by atoms with van der Waals surface area (Å²) >= 11 is 7.16. The molecule has 1 unspecified atom stereocenters. The molecule has 0 amide bonds. The highest BCUT2D eigenvalue weighted by Crippen LogP contribution is 2.18. The highest BCUT2D eigenvalue weighted by Gasteiger charge is 2.09. The van der Waals surface area contributed by atoms with Gasteiger partial charge in [0.25, 0.3) is 0 Å². The first-order valence-corrected chi connectivity index (χ1v) is 7.56. The quantitative estimate of drug-likeness (QED) is 0.692. The molecule has 90 valence electrons. The van der Waals surface area contributed by atoms with Crippen LogP contribution in [0.15, 0.2) is 28.7 Å². The van der Waals surface area contributed by atoms with Crippen LogP contribution in [0, 0.1) is 5.92 Å². The average molecular weight is 349 g/mol. The molecule has 0 radical (unpaired) electrons. The van der Waals surface area contributed by atoms with Gasteiger partial charge in [0.05, 0.1) is 0 Å². The molecule has 0 fully saturated rings. The second-order valence-electron chi connectivity index (χ2n) is 4.22. The number of benzene rings is 1. The fraction of sp³-hybridized carbons (Fsp3) is 0.538. The summed E-state index contributed by atoms with van der Waals surface area (Å²) in [6, 6.07) is 8.43. The number of hydrogen-bond donors (Lipinski definition) is 0. The molecule has 0 saturated heterocycles. The second kappa shape index (κ2) is 7.46. The van der Waals surface area contributed by atoms with Gasteiger partial charge < -0.3 is 4.90 Å². The Morgan fingerprint density at radius 1 is 1.31 bits per heavy atom. The Balaban J connectivity index is 2.51. The molecule has 1 atom stereocenters. The first-order valence-electron chi connectivity index (χ1n) is 5.65. The molecule has 1 rings (SSSR count). The molecule has 0 N–H and O–H groups in total. The van der Waals surface area contributed by atoms with Crippen LogP contribution in [0.5, 0.6) is 0 Å². The zero-order valence-corrected chi connectivity index (χ0v) is 13.1. The van der Waals surface area contributed by atoms with Gasteiger partial charge in [-0.3, -0.25) is 0 Å². The fourth-order valence-corrected chi connectivity index (χ4v) is 2.78. The van der Waals surface area contributed by atoms with Crippen LogP contribution in [-0.4, -0.2) is 23.8 Å². The minimum absolute atomic E-state index is 0.743. The van der Waals surface area contributed by atoms with E-state index in [1.54, 1.807) is 0 Å². The topological polar surface area (TPSA) is 3.24 Å². The predicted octanol–water partition coefficient (Wildman–Crippen LogP) is 4.30. The molecule has 0 aliphatic heterocycles. The van der Waals surface area contributed by atoms with Gasteiger partial charge in [-0.05, 0) is 24.6 Å². The summed E-state index contributed by atoms with van der Waals surface area (Å²) < 4.78 is 1.20. The lowest BCUT2D eigenvalue weighted by atomic mass is 10.1. The molecule has 1 aromatic carbocycles. The number of halogens is 2. The molecular formula is C13H19Br2N. The molecule has 0 heterocycles. The van der Waals surface area contributed by atoms with Crippen molar-refractivity contribution in [1.29, 1.82) is 0 Å². The van der Waals surface area contributed by atoms with E-state index in [-0.39, 0.29) is 0 Å². The van der Waals surface area contributed by atoms with Crippen molar-refractivity contribution >= 4 is 31.9 Å². The van der Waals surface area contributed by atoms with Crippen molar-refractivity contribution in [3.05, 3.63) is 34.3 Å². The van der Waals surface area contributed by atoms with Crippen LogP contribution in [0.1, 0.15) is 18.9 Å². The van der Waals surface area contributed by atoms with Crippen molar-refractivity contribution in [1.82, 2.24) is 4.90 Å². The van der Waals surface area contributed by atoms with Gasteiger partial charge in [0.1, 0.15) is 0 Å². The van der Waals surface area contributed by atoms with Crippen LogP contribution in [0.2, 0.25) is 0 Å². The van der Waals surface area contributed by atoms with Crippen molar-refractivity contribution in [3.63, 3.8) is 0 Å². The zero-order valence-electron chi connectivity index (χ0n) is 9.92. The third-order valence-electron chi connectivity index (χ3n) is 2.76. The number of nitrogens with zero attached hydrogens (tertiary/aromatic N) is 1. The lowest BCUT2D eigenvalue weighted by Gasteiger charge is -2.22. The van der Waals surface area contributed by atoms with Crippen LogP contribution in [0.3, 0.4) is 0 Å². The van der Waals surface area contributed by atoms with E-state index >= 15 is 0 Å². The third kappa shape index (κ3) is 4.56. The van der Waals surface area contributed by atoms with E-state index in [2.05, 4.69) is 75.0 Å². The average Bonchev–Trinajstić information content (AvgIpc) is 2.29. The van der Waals surface area contributed by atoms with Crippen molar-refractivity contribution in [3.8, 4) is 0 Å². The number of alkyl halides is 1. The summed E-state index contributed by atoms with van der Waals surface area (Å²) in [5.41, 5.74) is 1.36. The first kappa shape index (κ1) is 14.2. The summed E-state index contributed by atoms with van der Waals surface area (Å²) in [6.07, 6.45) is 1.23. The Morgan fingerprint density at radius 2 is 2.00 bits per heavy atom. The summed E-state index contributed by atoms with van der Waals surface area (Å²) in [7, 11) is 2.19. The standard InChI is InChI=1S/C13H19Br2N/c1-3-11(8-14)9-16(2)10-12-6-4-5-7-13(12)15/h4-7,11H,3,8-10H2,1-2H3. The monoisotopic (exact) mass is 347 g/mol. The van der Waals surface area contributed by atoms with Gasteiger partial charge in [-0.2, -0.15) is 0 Å². The first-order chi connectivity index (χ1) is 7.67. The maximum absolute atomic E-state index is 3.59. The van der Waals surface area contributed by atoms with Crippen LogP contribution < -0.4 is 0 Å². The van der Waals surface area contributed by atoms with Crippen LogP contribution >= 0.6 is 31.9 Å². The summed E-state index contributed by atoms with van der Waals surface area (Å²) in [6.45, 7) is 4.40. The van der Waals surface area contributed by atoms with Gasteiger partial charge in [-0.15, -0.1) is 0 Å². The van der Waals surface area contributed by atoms with Gasteiger partial charge in [0.15, 0.2) is 0 Å². The minimum atomic E-state index is 0.743. The maximum Gasteiger partial charge on any atom is 0.0242 e. The third-order valence-corrected chi connectivity index (χ3v) is 4.45. The fourth-order valence-electron chi connectivity index (χ4n) is 1.71. The number of rotatable bonds is 6. The lowest BCUT2D eigenvalue weighted by Crippen LogP contribution is -2.26. The van der Waals surface area contributed by atoms with E-state index in [1.807, 2.05) is 0 Å². The molecule has 0 aliphatic carbocycles. The van der Waals surface area contributed by atoms with Crippen LogP contribution in [-0.2, 0) is 6.54 Å². The Hall–Kier alpha value is 0.140. The Bertz CT molecular complexity index is 311. The van der Waals surface area contributed by atoms with Crippen molar-refractivity contribution < 1.29 is 0 Å². The lowest BCUT2D eigenvalue weighted by molar-refractivity contribution is 0.278. The van der Waals surface area contributed by atoms with E-state index in [0.29, 0.717) is 0 Å². The Morgan fingerprint density at radius 3 is 2.56 bits per heavy atom. The van der Waals surface area contributed by atoms with Crippen molar-refractivity contribution in [2.75, 3.05) is 18.9 Å². The molecular weight excluding hydrogens is 330 g/mol. The molecule has 0 spiro atoms. The van der Waals surface area contributed by atoms with Gasteiger partial charge in [-0.1, -0.05) is 63.4 Å². The zero-order chi connectivity index (χ0) is 12.0. The predicted molar refractivity (Wildman–Crippen MR) is 78.1 cm³/mol. The van der Waals surface area contributed by atoms with Gasteiger partial charge in [0.2, 0.25) is 0 Å². The van der Waals surface area contributed by atoms with Crippen molar-refractivity contribution in [2.45, 2.75) is 19.9 Å². The van der Waals surface area contributed by atoms with E-state index in [4.69, 9.17) is 0 Å². The van der Waals surface area contributed by atoms with Gasteiger partial charge in [-0.25, -0.2) is 0 Å². The number of hydrogen-bond acceptors (Lipinski definition) is 1. The Kier molecular flexibility index (Phi) is 6.62. The molecule has 0 aromatic heterocycles. The van der Waals surface area contributed by atoms with Gasteiger partial charge in [0, 0.05) is 22.9 Å². The maximum atomic E-state index is 3.59. The van der Waals surface area contributed by atoms with E-state index < -0.39 is 0 Å². The highest BCUT2D eigenvalue weighted by atomic mass is 79.9. The summed E-state index contributed by atoms with van der Waals surface area (Å²) in [5, 5.41) is 1.09. The summed E-state index contributed by atoms with van der Waals surface area (Å²) in [4.78, 5) is 2.38. The molecule has 1 nitrogen and oxygen atoms in total. The summed E-state index contributed by atoms with van der Waals surface area (Å²) in [5.74, 6) is 0.743. The van der Waals surface area contributed by atoms with E-state index in [1.165, 1.54) is 16.5 Å². The molecule has 0 saturated carbocycles. The Labute approximate surface area is 115 Å². The second-order valence-corrected chi connectivity index (χ2v) is 5.72. The molecule has 0 bridgehead atoms. The van der Waals surface area contributed by atoms with Gasteiger partial charge >= 0.3 is 0 Å². The van der Waals surface area contributed by atoms with E-state index in [0.717, 1.165) is 24.3 Å². The smallest absolute Gasteiger partial charge is 0.0242 e. The molecule has 3 heteroatoms. The minimum Gasteiger partial charge on any atom is -0.302 e. The SMILES string of the molecule is CCC(CBr)CN(C)Cc1ccccc1Br. The van der Waals surface area contributed by atoms with Crippen LogP contribution in [0.4, 0.5) is 0 Å².